The van der Waals surface area contributed by atoms with E-state index in [1.165, 1.54) is 6.07 Å². The molecule has 0 aliphatic carbocycles. The zero-order valence-corrected chi connectivity index (χ0v) is 17.6. The van der Waals surface area contributed by atoms with E-state index in [0.717, 1.165) is 39.0 Å². The molecule has 0 atom stereocenters. The van der Waals surface area contributed by atoms with Gasteiger partial charge in [-0.25, -0.2) is 13.8 Å². The number of likely N-dealkylation sites (tertiary alicyclic amines) is 1. The average molecular weight is 449 g/mol. The molecule has 0 radical (unpaired) electrons. The number of amides is 1. The van der Waals surface area contributed by atoms with Gasteiger partial charge in [-0.15, -0.1) is 0 Å². The Morgan fingerprint density at radius 2 is 1.90 bits per heavy atom. The molecule has 1 aromatic carbocycles. The summed E-state index contributed by atoms with van der Waals surface area (Å²) in [6.07, 6.45) is -2.93. The van der Waals surface area contributed by atoms with Crippen molar-refractivity contribution in [2.75, 3.05) is 39.8 Å². The molecule has 0 bridgehead atoms. The molecule has 0 saturated carbocycles. The summed E-state index contributed by atoms with van der Waals surface area (Å²) >= 11 is 0. The lowest BCUT2D eigenvalue weighted by Crippen LogP contribution is -2.49. The van der Waals surface area contributed by atoms with Crippen LogP contribution in [0, 0.1) is 11.6 Å². The Labute approximate surface area is 178 Å². The first-order chi connectivity index (χ1) is 14.6. The topological polar surface area (TPSA) is 60.0 Å². The third kappa shape index (κ3) is 8.68. The van der Waals surface area contributed by atoms with Crippen molar-refractivity contribution in [3.05, 3.63) is 35.4 Å². The van der Waals surface area contributed by atoms with Crippen molar-refractivity contribution in [1.82, 2.24) is 20.4 Å². The monoisotopic (exact) mass is 449 g/mol. The van der Waals surface area contributed by atoms with Gasteiger partial charge in [0.15, 0.2) is 17.6 Å². The molecule has 174 valence electrons. The molecule has 6 nitrogen and oxygen atoms in total. The minimum atomic E-state index is -4.45. The standard InChI is InChI=1S/C20H28F5N5O/c1-3-26-19(27-11-18(31)29(2)13-20(23,24)25)28-15-6-8-30(9-7-15)12-14-4-5-16(21)17(22)10-14/h4-5,10,15H,3,6-9,11-13H2,1-2H3,(H2,26,27,28). The predicted molar refractivity (Wildman–Crippen MR) is 107 cm³/mol. The maximum atomic E-state index is 13.4. The molecule has 0 spiro atoms. The molecule has 0 unspecified atom stereocenters. The minimum Gasteiger partial charge on any atom is -0.357 e. The van der Waals surface area contributed by atoms with Gasteiger partial charge in [0, 0.05) is 39.3 Å². The van der Waals surface area contributed by atoms with E-state index in [0.29, 0.717) is 29.5 Å². The van der Waals surface area contributed by atoms with Gasteiger partial charge >= 0.3 is 6.18 Å². The summed E-state index contributed by atoms with van der Waals surface area (Å²) in [5, 5.41) is 6.20. The first-order valence-corrected chi connectivity index (χ1v) is 10.1. The summed E-state index contributed by atoms with van der Waals surface area (Å²) in [7, 11) is 1.09. The minimum absolute atomic E-state index is 0.0713. The highest BCUT2D eigenvalue weighted by molar-refractivity contribution is 5.85. The van der Waals surface area contributed by atoms with E-state index in [1.807, 2.05) is 6.92 Å². The van der Waals surface area contributed by atoms with E-state index in [4.69, 9.17) is 0 Å². The number of benzene rings is 1. The molecular weight excluding hydrogens is 421 g/mol. The number of likely N-dealkylation sites (N-methyl/N-ethyl adjacent to an activating group) is 1. The fourth-order valence-electron chi connectivity index (χ4n) is 3.27. The Bertz CT molecular complexity index is 763. The number of hydrogen-bond acceptors (Lipinski definition) is 3. The number of hydrogen-bond donors (Lipinski definition) is 2. The van der Waals surface area contributed by atoms with Gasteiger partial charge in [-0.1, -0.05) is 6.07 Å². The molecule has 1 aromatic rings. The number of aliphatic imine (C=N–C) groups is 1. The van der Waals surface area contributed by atoms with Crippen molar-refractivity contribution in [3.63, 3.8) is 0 Å². The van der Waals surface area contributed by atoms with Crippen molar-refractivity contribution >= 4 is 11.9 Å². The molecular formula is C20H28F5N5O. The second-order valence-electron chi connectivity index (χ2n) is 7.50. The molecule has 31 heavy (non-hydrogen) atoms. The van der Waals surface area contributed by atoms with Crippen molar-refractivity contribution in [1.29, 1.82) is 0 Å². The number of alkyl halides is 3. The van der Waals surface area contributed by atoms with E-state index < -0.39 is 36.8 Å². The van der Waals surface area contributed by atoms with Crippen LogP contribution in [0.15, 0.2) is 23.2 Å². The number of carbonyl (C=O) groups is 1. The van der Waals surface area contributed by atoms with E-state index in [9.17, 15) is 26.7 Å². The number of carbonyl (C=O) groups excluding carboxylic acids is 1. The van der Waals surface area contributed by atoms with Crippen molar-refractivity contribution < 1.29 is 26.7 Å². The molecule has 1 amide bonds. The Morgan fingerprint density at radius 3 is 2.48 bits per heavy atom. The van der Waals surface area contributed by atoms with Crippen LogP contribution in [0.1, 0.15) is 25.3 Å². The SMILES string of the molecule is CCNC(=NCC(=O)N(C)CC(F)(F)F)NC1CCN(Cc2ccc(F)c(F)c2)CC1. The zero-order chi connectivity index (χ0) is 23.0. The quantitative estimate of drug-likeness (QED) is 0.382. The van der Waals surface area contributed by atoms with Crippen LogP contribution in [0.25, 0.3) is 0 Å². The smallest absolute Gasteiger partial charge is 0.357 e. The van der Waals surface area contributed by atoms with Crippen LogP contribution in [0.3, 0.4) is 0 Å². The van der Waals surface area contributed by atoms with Crippen LogP contribution in [0.4, 0.5) is 22.0 Å². The predicted octanol–water partition coefficient (Wildman–Crippen LogP) is 2.51. The van der Waals surface area contributed by atoms with Gasteiger partial charge in [-0.3, -0.25) is 9.69 Å². The van der Waals surface area contributed by atoms with Crippen LogP contribution in [0.2, 0.25) is 0 Å². The average Bonchev–Trinajstić information content (AvgIpc) is 2.69. The van der Waals surface area contributed by atoms with Crippen LogP contribution in [-0.4, -0.2) is 73.7 Å². The molecule has 1 saturated heterocycles. The van der Waals surface area contributed by atoms with Gasteiger partial charge in [-0.05, 0) is 37.5 Å². The molecule has 0 aromatic heterocycles. The Balaban J connectivity index is 1.83. The van der Waals surface area contributed by atoms with E-state index in [2.05, 4.69) is 20.5 Å². The number of nitrogens with one attached hydrogen (secondary N) is 2. The molecule has 1 fully saturated rings. The summed E-state index contributed by atoms with van der Waals surface area (Å²) in [4.78, 5) is 18.7. The van der Waals surface area contributed by atoms with Crippen LogP contribution in [0.5, 0.6) is 0 Å². The largest absolute Gasteiger partial charge is 0.406 e. The maximum absolute atomic E-state index is 13.4. The third-order valence-electron chi connectivity index (χ3n) is 4.88. The van der Waals surface area contributed by atoms with E-state index in [-0.39, 0.29) is 6.04 Å². The fraction of sp³-hybridized carbons (Fsp3) is 0.600. The van der Waals surface area contributed by atoms with Gasteiger partial charge in [0.2, 0.25) is 5.91 Å². The lowest BCUT2D eigenvalue weighted by Gasteiger charge is -2.33. The van der Waals surface area contributed by atoms with Crippen molar-refractivity contribution in [2.45, 2.75) is 38.5 Å². The lowest BCUT2D eigenvalue weighted by atomic mass is 10.0. The summed E-state index contributed by atoms with van der Waals surface area (Å²) < 4.78 is 63.6. The molecule has 2 rings (SSSR count). The van der Waals surface area contributed by atoms with Gasteiger partial charge in [-0.2, -0.15) is 13.2 Å². The third-order valence-corrected chi connectivity index (χ3v) is 4.88. The highest BCUT2D eigenvalue weighted by atomic mass is 19.4. The summed E-state index contributed by atoms with van der Waals surface area (Å²) in [5.74, 6) is -2.09. The molecule has 11 heteroatoms. The summed E-state index contributed by atoms with van der Waals surface area (Å²) in [6.45, 7) is 2.63. The molecule has 1 aliphatic rings. The number of rotatable bonds is 7. The number of piperidine rings is 1. The fourth-order valence-corrected chi connectivity index (χ4v) is 3.27. The second-order valence-corrected chi connectivity index (χ2v) is 7.50. The van der Waals surface area contributed by atoms with E-state index in [1.54, 1.807) is 6.07 Å². The van der Waals surface area contributed by atoms with Gasteiger partial charge < -0.3 is 15.5 Å². The number of guanidine groups is 1. The van der Waals surface area contributed by atoms with Gasteiger partial charge in [0.05, 0.1) is 0 Å². The Hall–Kier alpha value is -2.43. The number of halogens is 5. The first kappa shape index (κ1) is 24.8. The highest BCUT2D eigenvalue weighted by Gasteiger charge is 2.31. The molecule has 1 aliphatic heterocycles. The van der Waals surface area contributed by atoms with Crippen LogP contribution in [-0.2, 0) is 11.3 Å². The summed E-state index contributed by atoms with van der Waals surface area (Å²) in [6, 6.07) is 3.95. The summed E-state index contributed by atoms with van der Waals surface area (Å²) in [5.41, 5.74) is 0.696. The lowest BCUT2D eigenvalue weighted by molar-refractivity contribution is -0.157. The van der Waals surface area contributed by atoms with E-state index >= 15 is 0 Å². The first-order valence-electron chi connectivity index (χ1n) is 10.1. The van der Waals surface area contributed by atoms with Crippen molar-refractivity contribution in [2.24, 2.45) is 4.99 Å². The van der Waals surface area contributed by atoms with Crippen LogP contribution < -0.4 is 10.6 Å². The highest BCUT2D eigenvalue weighted by Crippen LogP contribution is 2.17. The molecule has 2 N–H and O–H groups in total. The Kier molecular flexibility index (Phi) is 9.02. The maximum Gasteiger partial charge on any atom is 0.406 e. The second kappa shape index (κ2) is 11.3. The molecule has 1 heterocycles. The van der Waals surface area contributed by atoms with Crippen LogP contribution >= 0.6 is 0 Å². The number of nitrogens with zero attached hydrogens (tertiary/aromatic N) is 3. The Morgan fingerprint density at radius 1 is 1.23 bits per heavy atom. The van der Waals surface area contributed by atoms with Crippen molar-refractivity contribution in [3.8, 4) is 0 Å². The normalized spacial score (nSPS) is 16.3. The van der Waals surface area contributed by atoms with Gasteiger partial charge in [0.25, 0.3) is 0 Å². The van der Waals surface area contributed by atoms with Gasteiger partial charge in [0.1, 0.15) is 13.1 Å². The zero-order valence-electron chi connectivity index (χ0n) is 17.6.